The summed E-state index contributed by atoms with van der Waals surface area (Å²) in [4.78, 5) is 8.45. The van der Waals surface area contributed by atoms with Crippen LogP contribution in [-0.4, -0.2) is 30.2 Å². The molecule has 0 amide bonds. The molecule has 4 heteroatoms. The molecule has 84 valence electrons. The van der Waals surface area contributed by atoms with E-state index in [4.69, 9.17) is 4.74 Å². The lowest BCUT2D eigenvalue weighted by Gasteiger charge is -2.06. The number of hydrogen-bond acceptors (Lipinski definition) is 4. The predicted molar refractivity (Wildman–Crippen MR) is 60.2 cm³/mol. The minimum atomic E-state index is 0.364. The zero-order valence-corrected chi connectivity index (χ0v) is 9.66. The lowest BCUT2D eigenvalue weighted by molar-refractivity contribution is 0.307. The van der Waals surface area contributed by atoms with Gasteiger partial charge in [-0.25, -0.2) is 9.97 Å². The summed E-state index contributed by atoms with van der Waals surface area (Å²) in [6.45, 7) is 5.81. The molecular formula is C11H19N3O. The molecule has 0 aromatic carbocycles. The van der Waals surface area contributed by atoms with Crippen molar-refractivity contribution in [2.75, 3.05) is 20.2 Å². The van der Waals surface area contributed by atoms with Crippen LogP contribution in [0.4, 0.5) is 0 Å². The van der Waals surface area contributed by atoms with Crippen LogP contribution in [0.5, 0.6) is 5.75 Å². The van der Waals surface area contributed by atoms with E-state index >= 15 is 0 Å². The first-order chi connectivity index (χ1) is 7.24. The summed E-state index contributed by atoms with van der Waals surface area (Å²) >= 11 is 0. The quantitative estimate of drug-likeness (QED) is 0.723. The molecule has 0 spiro atoms. The Balaban J connectivity index is 2.36. The standard InChI is InChI=1S/C11H19N3O/c1-9(2)11-13-7-10(8-14-11)15-6-4-5-12-3/h7-9,12H,4-6H2,1-3H3. The van der Waals surface area contributed by atoms with Crippen molar-refractivity contribution in [2.24, 2.45) is 0 Å². The molecule has 0 aliphatic heterocycles. The van der Waals surface area contributed by atoms with E-state index in [0.29, 0.717) is 12.5 Å². The van der Waals surface area contributed by atoms with E-state index in [1.165, 1.54) is 0 Å². The fourth-order valence-corrected chi connectivity index (χ4v) is 1.14. The SMILES string of the molecule is CNCCCOc1cnc(C(C)C)nc1. The summed E-state index contributed by atoms with van der Waals surface area (Å²) in [7, 11) is 1.93. The molecule has 0 saturated carbocycles. The van der Waals surface area contributed by atoms with E-state index in [0.717, 1.165) is 24.5 Å². The smallest absolute Gasteiger partial charge is 0.155 e. The van der Waals surface area contributed by atoms with Crippen LogP contribution in [0.2, 0.25) is 0 Å². The van der Waals surface area contributed by atoms with Crippen LogP contribution in [0.1, 0.15) is 32.0 Å². The van der Waals surface area contributed by atoms with Crippen LogP contribution in [0.25, 0.3) is 0 Å². The Bertz CT molecular complexity index is 272. The topological polar surface area (TPSA) is 47.0 Å². The van der Waals surface area contributed by atoms with Crippen molar-refractivity contribution in [3.8, 4) is 5.75 Å². The lowest BCUT2D eigenvalue weighted by Crippen LogP contribution is -2.11. The van der Waals surface area contributed by atoms with Crippen LogP contribution in [-0.2, 0) is 0 Å². The van der Waals surface area contributed by atoms with Gasteiger partial charge < -0.3 is 10.1 Å². The van der Waals surface area contributed by atoms with Gasteiger partial charge in [-0.15, -0.1) is 0 Å². The van der Waals surface area contributed by atoms with Gasteiger partial charge in [0.2, 0.25) is 0 Å². The number of rotatable bonds is 6. The molecule has 4 nitrogen and oxygen atoms in total. The van der Waals surface area contributed by atoms with Crippen molar-refractivity contribution in [3.63, 3.8) is 0 Å². The van der Waals surface area contributed by atoms with Crippen molar-refractivity contribution < 1.29 is 4.74 Å². The van der Waals surface area contributed by atoms with Gasteiger partial charge in [0.25, 0.3) is 0 Å². The maximum Gasteiger partial charge on any atom is 0.155 e. The lowest BCUT2D eigenvalue weighted by atomic mass is 10.2. The Morgan fingerprint density at radius 2 is 2.00 bits per heavy atom. The highest BCUT2D eigenvalue weighted by atomic mass is 16.5. The summed E-state index contributed by atoms with van der Waals surface area (Å²) < 4.78 is 5.48. The highest BCUT2D eigenvalue weighted by Gasteiger charge is 2.02. The van der Waals surface area contributed by atoms with Gasteiger partial charge in [0.15, 0.2) is 5.75 Å². The second-order valence-corrected chi connectivity index (χ2v) is 3.74. The molecule has 1 aromatic rings. The van der Waals surface area contributed by atoms with E-state index in [9.17, 15) is 0 Å². The maximum absolute atomic E-state index is 5.48. The number of nitrogens with zero attached hydrogens (tertiary/aromatic N) is 2. The fraction of sp³-hybridized carbons (Fsp3) is 0.636. The summed E-state index contributed by atoms with van der Waals surface area (Å²) in [5.41, 5.74) is 0. The molecule has 1 N–H and O–H groups in total. The Morgan fingerprint density at radius 3 is 2.53 bits per heavy atom. The first kappa shape index (κ1) is 11.9. The highest BCUT2D eigenvalue weighted by molar-refractivity contribution is 5.13. The molecule has 0 saturated heterocycles. The molecule has 1 heterocycles. The Hall–Kier alpha value is -1.16. The Morgan fingerprint density at radius 1 is 1.33 bits per heavy atom. The normalized spacial score (nSPS) is 10.7. The van der Waals surface area contributed by atoms with E-state index in [-0.39, 0.29) is 0 Å². The van der Waals surface area contributed by atoms with Crippen LogP contribution in [0.15, 0.2) is 12.4 Å². The van der Waals surface area contributed by atoms with Crippen molar-refractivity contribution in [2.45, 2.75) is 26.2 Å². The molecule has 15 heavy (non-hydrogen) atoms. The van der Waals surface area contributed by atoms with E-state index in [1.54, 1.807) is 12.4 Å². The molecule has 0 fully saturated rings. The second kappa shape index (κ2) is 6.35. The average molecular weight is 209 g/mol. The molecule has 0 bridgehead atoms. The third-order valence-corrected chi connectivity index (χ3v) is 2.00. The minimum Gasteiger partial charge on any atom is -0.490 e. The monoisotopic (exact) mass is 209 g/mol. The maximum atomic E-state index is 5.48. The van der Waals surface area contributed by atoms with E-state index < -0.39 is 0 Å². The molecular weight excluding hydrogens is 190 g/mol. The molecule has 0 radical (unpaired) electrons. The van der Waals surface area contributed by atoms with Crippen LogP contribution in [0, 0.1) is 0 Å². The Kier molecular flexibility index (Phi) is 5.04. The van der Waals surface area contributed by atoms with E-state index in [1.807, 2.05) is 7.05 Å². The Labute approximate surface area is 91.1 Å². The number of aromatic nitrogens is 2. The third-order valence-electron chi connectivity index (χ3n) is 2.00. The van der Waals surface area contributed by atoms with E-state index in [2.05, 4.69) is 29.1 Å². The van der Waals surface area contributed by atoms with Gasteiger partial charge in [0.1, 0.15) is 5.82 Å². The minimum absolute atomic E-state index is 0.364. The van der Waals surface area contributed by atoms with Crippen molar-refractivity contribution in [1.82, 2.24) is 15.3 Å². The first-order valence-electron chi connectivity index (χ1n) is 5.33. The molecule has 0 unspecified atom stereocenters. The molecule has 0 aliphatic carbocycles. The zero-order chi connectivity index (χ0) is 11.1. The average Bonchev–Trinajstić information content (AvgIpc) is 2.25. The van der Waals surface area contributed by atoms with Crippen molar-refractivity contribution in [3.05, 3.63) is 18.2 Å². The fourth-order valence-electron chi connectivity index (χ4n) is 1.14. The number of nitrogens with one attached hydrogen (secondary N) is 1. The van der Waals surface area contributed by atoms with Crippen molar-refractivity contribution >= 4 is 0 Å². The summed E-state index contributed by atoms with van der Waals surface area (Å²) in [6.07, 6.45) is 4.46. The van der Waals surface area contributed by atoms with Gasteiger partial charge >= 0.3 is 0 Å². The first-order valence-corrected chi connectivity index (χ1v) is 5.33. The highest BCUT2D eigenvalue weighted by Crippen LogP contribution is 2.11. The molecule has 1 aromatic heterocycles. The molecule has 0 atom stereocenters. The van der Waals surface area contributed by atoms with Gasteiger partial charge in [-0.3, -0.25) is 0 Å². The van der Waals surface area contributed by atoms with Crippen molar-refractivity contribution in [1.29, 1.82) is 0 Å². The molecule has 0 aliphatic rings. The van der Waals surface area contributed by atoms with Crippen LogP contribution >= 0.6 is 0 Å². The van der Waals surface area contributed by atoms with Gasteiger partial charge in [-0.2, -0.15) is 0 Å². The van der Waals surface area contributed by atoms with Gasteiger partial charge in [-0.05, 0) is 20.0 Å². The van der Waals surface area contributed by atoms with Gasteiger partial charge in [0.05, 0.1) is 19.0 Å². The number of ether oxygens (including phenoxy) is 1. The van der Waals surface area contributed by atoms with Gasteiger partial charge in [0, 0.05) is 5.92 Å². The third kappa shape index (κ3) is 4.25. The van der Waals surface area contributed by atoms with Crippen LogP contribution < -0.4 is 10.1 Å². The molecule has 1 rings (SSSR count). The second-order valence-electron chi connectivity index (χ2n) is 3.74. The number of hydrogen-bond donors (Lipinski definition) is 1. The largest absolute Gasteiger partial charge is 0.490 e. The summed E-state index contributed by atoms with van der Waals surface area (Å²) in [5, 5.41) is 3.07. The van der Waals surface area contributed by atoms with Crippen LogP contribution in [0.3, 0.4) is 0 Å². The predicted octanol–water partition coefficient (Wildman–Crippen LogP) is 1.59. The zero-order valence-electron chi connectivity index (χ0n) is 9.66. The van der Waals surface area contributed by atoms with Gasteiger partial charge in [-0.1, -0.05) is 13.8 Å². The summed E-state index contributed by atoms with van der Waals surface area (Å²) in [6, 6.07) is 0. The summed E-state index contributed by atoms with van der Waals surface area (Å²) in [5.74, 6) is 1.97.